The van der Waals surface area contributed by atoms with E-state index in [0.29, 0.717) is 13.1 Å². The Morgan fingerprint density at radius 2 is 2.12 bits per heavy atom. The predicted molar refractivity (Wildman–Crippen MR) is 100 cm³/mol. The van der Waals surface area contributed by atoms with E-state index in [4.69, 9.17) is 4.74 Å². The maximum absolute atomic E-state index is 11.6. The Kier molecular flexibility index (Phi) is 4.20. The number of piperazine rings is 1. The lowest BCUT2D eigenvalue weighted by Crippen LogP contribution is -2.48. The van der Waals surface area contributed by atoms with Crippen LogP contribution >= 0.6 is 0 Å². The van der Waals surface area contributed by atoms with E-state index in [1.165, 1.54) is 0 Å². The molecule has 7 nitrogen and oxygen atoms in total. The molecule has 0 unspecified atom stereocenters. The van der Waals surface area contributed by atoms with E-state index in [2.05, 4.69) is 20.5 Å². The highest BCUT2D eigenvalue weighted by molar-refractivity contribution is 5.94. The number of aromatic nitrogens is 3. The molecule has 1 aromatic carbocycles. The minimum absolute atomic E-state index is 0.0177. The summed E-state index contributed by atoms with van der Waals surface area (Å²) in [4.78, 5) is 18.1. The zero-order valence-electron chi connectivity index (χ0n) is 14.8. The van der Waals surface area contributed by atoms with Gasteiger partial charge in [0.15, 0.2) is 0 Å². The Morgan fingerprint density at radius 3 is 2.92 bits per heavy atom. The van der Waals surface area contributed by atoms with Gasteiger partial charge in [-0.25, -0.2) is 4.98 Å². The number of fused-ring (bicyclic) bond motifs is 1. The summed E-state index contributed by atoms with van der Waals surface area (Å²) in [6, 6.07) is 9.82. The molecule has 1 amide bonds. The fourth-order valence-electron chi connectivity index (χ4n) is 3.13. The molecule has 1 aliphatic heterocycles. The fourth-order valence-corrected chi connectivity index (χ4v) is 3.13. The average Bonchev–Trinajstić information content (AvgIpc) is 3.04. The van der Waals surface area contributed by atoms with E-state index in [9.17, 15) is 4.79 Å². The number of H-pyrrole nitrogens is 1. The van der Waals surface area contributed by atoms with E-state index in [1.54, 1.807) is 6.20 Å². The van der Waals surface area contributed by atoms with Crippen LogP contribution in [0.15, 0.2) is 36.5 Å². The number of amides is 1. The summed E-state index contributed by atoms with van der Waals surface area (Å²) in [6.45, 7) is 5.71. The third-order valence-electron chi connectivity index (χ3n) is 4.29. The van der Waals surface area contributed by atoms with Crippen LogP contribution in [0.1, 0.15) is 13.8 Å². The first-order valence-electron chi connectivity index (χ1n) is 8.73. The first kappa shape index (κ1) is 16.4. The molecule has 1 fully saturated rings. The van der Waals surface area contributed by atoms with Crippen LogP contribution in [-0.4, -0.2) is 46.8 Å². The van der Waals surface area contributed by atoms with Crippen molar-refractivity contribution < 1.29 is 9.53 Å². The van der Waals surface area contributed by atoms with E-state index in [-0.39, 0.29) is 12.0 Å². The minimum atomic E-state index is 0.0177. The number of carbonyl (C=O) groups excluding carboxylic acids is 1. The second kappa shape index (κ2) is 6.67. The maximum atomic E-state index is 11.6. The molecule has 0 radical (unpaired) electrons. The molecule has 3 heterocycles. The zero-order chi connectivity index (χ0) is 18.1. The zero-order valence-corrected chi connectivity index (χ0v) is 14.8. The van der Waals surface area contributed by atoms with Crippen LogP contribution in [0.3, 0.4) is 0 Å². The normalized spacial score (nSPS) is 14.7. The first-order chi connectivity index (χ1) is 12.6. The summed E-state index contributed by atoms with van der Waals surface area (Å²) in [5.41, 5.74) is 2.75. The molecule has 0 aliphatic carbocycles. The van der Waals surface area contributed by atoms with Gasteiger partial charge in [-0.1, -0.05) is 0 Å². The van der Waals surface area contributed by atoms with Gasteiger partial charge in [0.25, 0.3) is 0 Å². The Balaban J connectivity index is 1.71. The van der Waals surface area contributed by atoms with Gasteiger partial charge < -0.3 is 15.0 Å². The molecule has 2 aromatic heterocycles. The van der Waals surface area contributed by atoms with Gasteiger partial charge in [-0.05, 0) is 44.2 Å². The van der Waals surface area contributed by atoms with Crippen LogP contribution in [0.25, 0.3) is 22.2 Å². The second-order valence-electron chi connectivity index (χ2n) is 6.62. The monoisotopic (exact) mass is 351 g/mol. The standard InChI is InChI=1S/C19H21N5O2/c1-12(2)26-14-3-4-16-15(10-14)19(23-22-16)13-5-6-20-17(9-13)24-8-7-21-18(25)11-24/h3-6,9-10,12H,7-8,11H2,1-2H3,(H,21,25)(H,22,23). The lowest BCUT2D eigenvalue weighted by Gasteiger charge is -2.27. The number of carbonyl (C=O) groups is 1. The summed E-state index contributed by atoms with van der Waals surface area (Å²) in [7, 11) is 0. The second-order valence-corrected chi connectivity index (χ2v) is 6.62. The van der Waals surface area contributed by atoms with Gasteiger partial charge in [0, 0.05) is 30.2 Å². The number of nitrogens with zero attached hydrogens (tertiary/aromatic N) is 3. The Bertz CT molecular complexity index is 950. The van der Waals surface area contributed by atoms with Crippen molar-refractivity contribution in [3.05, 3.63) is 36.5 Å². The molecular weight excluding hydrogens is 330 g/mol. The smallest absolute Gasteiger partial charge is 0.239 e. The van der Waals surface area contributed by atoms with Crippen molar-refractivity contribution in [3.63, 3.8) is 0 Å². The Hall–Kier alpha value is -3.09. The Labute approximate surface area is 151 Å². The molecule has 3 aromatic rings. The van der Waals surface area contributed by atoms with Crippen molar-refractivity contribution in [1.82, 2.24) is 20.5 Å². The van der Waals surface area contributed by atoms with Gasteiger partial charge in [0.1, 0.15) is 17.3 Å². The molecule has 1 saturated heterocycles. The van der Waals surface area contributed by atoms with Gasteiger partial charge >= 0.3 is 0 Å². The highest BCUT2D eigenvalue weighted by Gasteiger charge is 2.18. The van der Waals surface area contributed by atoms with Crippen LogP contribution < -0.4 is 15.0 Å². The van der Waals surface area contributed by atoms with Crippen molar-refractivity contribution in [2.45, 2.75) is 20.0 Å². The molecule has 0 saturated carbocycles. The van der Waals surface area contributed by atoms with Crippen molar-refractivity contribution in [2.75, 3.05) is 24.5 Å². The van der Waals surface area contributed by atoms with Gasteiger partial charge in [-0.2, -0.15) is 5.10 Å². The minimum Gasteiger partial charge on any atom is -0.491 e. The lowest BCUT2D eigenvalue weighted by molar-refractivity contribution is -0.120. The van der Waals surface area contributed by atoms with Crippen molar-refractivity contribution >= 4 is 22.6 Å². The third kappa shape index (κ3) is 3.20. The number of hydrogen-bond acceptors (Lipinski definition) is 5. The summed E-state index contributed by atoms with van der Waals surface area (Å²) in [6.07, 6.45) is 1.87. The third-order valence-corrected chi connectivity index (χ3v) is 4.29. The molecule has 26 heavy (non-hydrogen) atoms. The summed E-state index contributed by atoms with van der Waals surface area (Å²) >= 11 is 0. The van der Waals surface area contributed by atoms with E-state index in [1.807, 2.05) is 49.1 Å². The molecule has 0 bridgehead atoms. The topological polar surface area (TPSA) is 83.1 Å². The molecule has 134 valence electrons. The van der Waals surface area contributed by atoms with E-state index in [0.717, 1.165) is 40.3 Å². The highest BCUT2D eigenvalue weighted by Crippen LogP contribution is 2.31. The maximum Gasteiger partial charge on any atom is 0.239 e. The number of pyridine rings is 1. The molecule has 0 spiro atoms. The molecule has 0 atom stereocenters. The molecular formula is C19H21N5O2. The van der Waals surface area contributed by atoms with Crippen LogP contribution in [0.5, 0.6) is 5.75 Å². The van der Waals surface area contributed by atoms with Crippen LogP contribution in [0.2, 0.25) is 0 Å². The van der Waals surface area contributed by atoms with Crippen LogP contribution in [0.4, 0.5) is 5.82 Å². The first-order valence-corrected chi connectivity index (χ1v) is 8.73. The number of rotatable bonds is 4. The number of aromatic amines is 1. The van der Waals surface area contributed by atoms with Gasteiger partial charge in [0.2, 0.25) is 5.91 Å². The Morgan fingerprint density at radius 1 is 1.23 bits per heavy atom. The average molecular weight is 351 g/mol. The van der Waals surface area contributed by atoms with Gasteiger partial charge in [0.05, 0.1) is 18.2 Å². The number of ether oxygens (including phenoxy) is 1. The quantitative estimate of drug-likeness (QED) is 0.754. The van der Waals surface area contributed by atoms with E-state index >= 15 is 0 Å². The summed E-state index contributed by atoms with van der Waals surface area (Å²) < 4.78 is 5.81. The van der Waals surface area contributed by atoms with Crippen LogP contribution in [0, 0.1) is 0 Å². The van der Waals surface area contributed by atoms with Crippen molar-refractivity contribution in [1.29, 1.82) is 0 Å². The van der Waals surface area contributed by atoms with Crippen molar-refractivity contribution in [2.24, 2.45) is 0 Å². The SMILES string of the molecule is CC(C)Oc1ccc2[nH]nc(-c3ccnc(N4CCNC(=O)C4)c3)c2c1. The lowest BCUT2D eigenvalue weighted by atomic mass is 10.1. The van der Waals surface area contributed by atoms with Gasteiger partial charge in [-0.3, -0.25) is 9.89 Å². The van der Waals surface area contributed by atoms with Crippen LogP contribution in [-0.2, 0) is 4.79 Å². The fraction of sp³-hybridized carbons (Fsp3) is 0.316. The summed E-state index contributed by atoms with van der Waals surface area (Å²) in [5.74, 6) is 1.62. The number of nitrogens with one attached hydrogen (secondary N) is 2. The molecule has 1 aliphatic rings. The number of anilines is 1. The summed E-state index contributed by atoms with van der Waals surface area (Å²) in [5, 5.41) is 11.4. The number of benzene rings is 1. The van der Waals surface area contributed by atoms with Gasteiger partial charge in [-0.15, -0.1) is 0 Å². The molecule has 4 rings (SSSR count). The predicted octanol–water partition coefficient (Wildman–Crippen LogP) is 2.35. The highest BCUT2D eigenvalue weighted by atomic mass is 16.5. The molecule has 2 N–H and O–H groups in total. The largest absolute Gasteiger partial charge is 0.491 e. The molecule has 7 heteroatoms. The number of hydrogen-bond donors (Lipinski definition) is 2. The van der Waals surface area contributed by atoms with Crippen molar-refractivity contribution in [3.8, 4) is 17.0 Å². The van der Waals surface area contributed by atoms with E-state index < -0.39 is 0 Å².